The van der Waals surface area contributed by atoms with Gasteiger partial charge in [0.15, 0.2) is 0 Å². The number of aromatic nitrogens is 1. The molecule has 2 aromatic rings. The van der Waals surface area contributed by atoms with Gasteiger partial charge in [-0.3, -0.25) is 29.1 Å². The molecule has 15 nitrogen and oxygen atoms in total. The fourth-order valence-electron chi connectivity index (χ4n) is 4.95. The fraction of sp³-hybridized carbons (Fsp3) is 0.472. The predicted molar refractivity (Wildman–Crippen MR) is 205 cm³/mol. The van der Waals surface area contributed by atoms with Crippen molar-refractivity contribution in [2.24, 2.45) is 28.7 Å². The molecule has 0 aliphatic carbocycles. The Morgan fingerprint density at radius 2 is 1.37 bits per heavy atom. The molecule has 4 amide bonds. The summed E-state index contributed by atoms with van der Waals surface area (Å²) in [6.45, 7) is 11.6. The molecule has 300 valence electrons. The number of aryl methyl sites for hydroxylation is 1. The zero-order valence-corrected chi connectivity index (χ0v) is 31.0. The van der Waals surface area contributed by atoms with Crippen LogP contribution in [0.3, 0.4) is 0 Å². The summed E-state index contributed by atoms with van der Waals surface area (Å²) in [5.41, 5.74) is 30.7. The first kappa shape index (κ1) is 47.3. The third-order valence-electron chi connectivity index (χ3n) is 7.79. The largest absolute Gasteiger partial charge is 0.416 e. The first-order valence-electron chi connectivity index (χ1n) is 17.4. The van der Waals surface area contributed by atoms with Gasteiger partial charge in [0, 0.05) is 57.9 Å². The van der Waals surface area contributed by atoms with Gasteiger partial charge in [-0.2, -0.15) is 13.2 Å². The molecule has 0 aliphatic heterocycles. The van der Waals surface area contributed by atoms with E-state index >= 15 is 0 Å². The van der Waals surface area contributed by atoms with Gasteiger partial charge >= 0.3 is 6.18 Å². The Bertz CT molecular complexity index is 1450. The van der Waals surface area contributed by atoms with Gasteiger partial charge in [0.1, 0.15) is 0 Å². The van der Waals surface area contributed by atoms with Crippen LogP contribution in [-0.2, 0) is 25.4 Å². The summed E-state index contributed by atoms with van der Waals surface area (Å²) >= 11 is 0. The highest BCUT2D eigenvalue weighted by atomic mass is 19.4. The van der Waals surface area contributed by atoms with Gasteiger partial charge in [-0.1, -0.05) is 36.9 Å². The van der Waals surface area contributed by atoms with E-state index in [9.17, 15) is 32.3 Å². The molecule has 54 heavy (non-hydrogen) atoms. The molecule has 1 atom stereocenters. The van der Waals surface area contributed by atoms with Crippen LogP contribution in [0.2, 0.25) is 0 Å². The molecule has 12 N–H and O–H groups in total. The van der Waals surface area contributed by atoms with Crippen LogP contribution in [0.25, 0.3) is 12.2 Å². The van der Waals surface area contributed by atoms with Crippen LogP contribution in [-0.4, -0.2) is 128 Å². The Morgan fingerprint density at radius 1 is 0.852 bits per heavy atom. The molecular formula is C36H56F3N11O4. The monoisotopic (exact) mass is 763 g/mol. The zero-order chi connectivity index (χ0) is 40.7. The van der Waals surface area contributed by atoms with Crippen LogP contribution >= 0.6 is 0 Å². The third-order valence-corrected chi connectivity index (χ3v) is 7.79. The predicted octanol–water partition coefficient (Wildman–Crippen LogP) is 0.338. The van der Waals surface area contributed by atoms with Gasteiger partial charge in [-0.15, -0.1) is 0 Å². The summed E-state index contributed by atoms with van der Waals surface area (Å²) in [6, 6.07) is 5.84. The molecule has 0 aliphatic rings. The first-order chi connectivity index (χ1) is 25.6. The second-order valence-electron chi connectivity index (χ2n) is 12.1. The lowest BCUT2D eigenvalue weighted by molar-refractivity contribution is -0.138. The standard InChI is InChI=1S/C28H49N11O4.C8H7F3/c1-3-21-16-22(17-34-24(21)4-2)36-25(40)18-35-28(43)23(33)6-5-11-37(19-26(41)38(12-7-29)13-8-30)20-27(42)39(14-9-31)15-10-32;1-6-2-4-7(5-3-6)8(9,10)11/h3-4,16-17,23H,1-2,5-15,18-20,29-33H2,(H,35,43)(H,36,40);2-5H,1H3. The van der Waals surface area contributed by atoms with Crippen molar-refractivity contribution in [2.45, 2.75) is 32.0 Å². The van der Waals surface area contributed by atoms with Gasteiger partial charge in [-0.25, -0.2) is 0 Å². The number of pyridine rings is 1. The molecule has 1 aromatic carbocycles. The number of carbonyl (C=O) groups is 4. The minimum absolute atomic E-state index is 0.0390. The number of amides is 4. The Hall–Kier alpha value is -4.72. The number of hydrogen-bond acceptors (Lipinski definition) is 11. The van der Waals surface area contributed by atoms with E-state index in [1.165, 1.54) is 18.3 Å². The number of hydrogen-bond donors (Lipinski definition) is 7. The Kier molecular flexibility index (Phi) is 22.2. The summed E-state index contributed by atoms with van der Waals surface area (Å²) in [6.07, 6.45) is 1.11. The average Bonchev–Trinajstić information content (AvgIpc) is 3.13. The topological polar surface area (TPSA) is 245 Å². The Balaban J connectivity index is 0.00000112. The molecule has 0 fully saturated rings. The molecular weight excluding hydrogens is 707 g/mol. The van der Waals surface area contributed by atoms with Crippen molar-refractivity contribution in [3.8, 4) is 0 Å². The molecule has 18 heteroatoms. The quantitative estimate of drug-likeness (QED) is 0.0862. The van der Waals surface area contributed by atoms with Crippen molar-refractivity contribution in [1.82, 2.24) is 25.0 Å². The van der Waals surface area contributed by atoms with Crippen molar-refractivity contribution in [1.29, 1.82) is 0 Å². The van der Waals surface area contributed by atoms with Crippen molar-refractivity contribution in [2.75, 3.05) is 83.9 Å². The molecule has 2 rings (SSSR count). The maximum Gasteiger partial charge on any atom is 0.416 e. The number of anilines is 1. The second-order valence-corrected chi connectivity index (χ2v) is 12.1. The van der Waals surface area contributed by atoms with Crippen LogP contribution < -0.4 is 39.3 Å². The van der Waals surface area contributed by atoms with Crippen molar-refractivity contribution in [3.63, 3.8) is 0 Å². The Morgan fingerprint density at radius 3 is 1.81 bits per heavy atom. The van der Waals surface area contributed by atoms with E-state index in [0.29, 0.717) is 56.1 Å². The minimum Gasteiger partial charge on any atom is -0.346 e. The average molecular weight is 764 g/mol. The number of benzene rings is 1. The molecule has 0 spiro atoms. The lowest BCUT2D eigenvalue weighted by atomic mass is 10.1. The maximum atomic E-state index is 13.0. The normalized spacial score (nSPS) is 11.5. The summed E-state index contributed by atoms with van der Waals surface area (Å²) in [7, 11) is 0. The smallest absolute Gasteiger partial charge is 0.346 e. The number of nitrogens with zero attached hydrogens (tertiary/aromatic N) is 4. The van der Waals surface area contributed by atoms with Gasteiger partial charge in [0.05, 0.1) is 48.8 Å². The molecule has 0 saturated heterocycles. The fourth-order valence-corrected chi connectivity index (χ4v) is 4.95. The number of halogens is 3. The maximum absolute atomic E-state index is 13.0. The van der Waals surface area contributed by atoms with Gasteiger partial charge in [-0.05, 0) is 50.6 Å². The van der Waals surface area contributed by atoms with Crippen LogP contribution in [0.1, 0.15) is 35.2 Å². The van der Waals surface area contributed by atoms with Crippen LogP contribution in [0.15, 0.2) is 49.7 Å². The SMILES string of the molecule is C=Cc1cc(NC(=O)CNC(=O)C(N)CCCN(CC(=O)N(CCN)CCN)CC(=O)N(CCN)CCN)cnc1C=C.Cc1ccc(C(F)(F)F)cc1. The van der Waals surface area contributed by atoms with E-state index in [0.717, 1.165) is 17.7 Å². The summed E-state index contributed by atoms with van der Waals surface area (Å²) < 4.78 is 35.8. The van der Waals surface area contributed by atoms with Crippen molar-refractivity contribution >= 4 is 41.5 Å². The molecule has 1 aromatic heterocycles. The van der Waals surface area contributed by atoms with Crippen LogP contribution in [0.4, 0.5) is 18.9 Å². The number of alkyl halides is 3. The van der Waals surface area contributed by atoms with E-state index in [2.05, 4.69) is 28.8 Å². The van der Waals surface area contributed by atoms with E-state index in [4.69, 9.17) is 28.7 Å². The summed E-state index contributed by atoms with van der Waals surface area (Å²) in [5.74, 6) is -1.38. The molecule has 1 heterocycles. The van der Waals surface area contributed by atoms with E-state index in [-0.39, 0.29) is 64.0 Å². The first-order valence-corrected chi connectivity index (χ1v) is 17.4. The molecule has 0 radical (unpaired) electrons. The van der Waals surface area contributed by atoms with Crippen molar-refractivity contribution in [3.05, 3.63) is 72.1 Å². The van der Waals surface area contributed by atoms with Crippen LogP contribution in [0, 0.1) is 6.92 Å². The molecule has 0 bridgehead atoms. The van der Waals surface area contributed by atoms with Crippen molar-refractivity contribution < 1.29 is 32.3 Å². The zero-order valence-electron chi connectivity index (χ0n) is 31.0. The number of rotatable bonds is 22. The molecule has 1 unspecified atom stereocenters. The highest BCUT2D eigenvalue weighted by Crippen LogP contribution is 2.28. The van der Waals surface area contributed by atoms with Crippen LogP contribution in [0.5, 0.6) is 0 Å². The lowest BCUT2D eigenvalue weighted by Gasteiger charge is -2.29. The van der Waals surface area contributed by atoms with Gasteiger partial charge in [0.25, 0.3) is 0 Å². The number of nitrogens with one attached hydrogen (secondary N) is 2. The molecule has 0 saturated carbocycles. The number of carbonyl (C=O) groups excluding carboxylic acids is 4. The van der Waals surface area contributed by atoms with E-state index in [1.54, 1.807) is 39.8 Å². The second kappa shape index (κ2) is 25.3. The van der Waals surface area contributed by atoms with Gasteiger partial charge in [0.2, 0.25) is 23.6 Å². The highest BCUT2D eigenvalue weighted by molar-refractivity contribution is 5.95. The Labute approximate surface area is 315 Å². The summed E-state index contributed by atoms with van der Waals surface area (Å²) in [5, 5.41) is 5.19. The van der Waals surface area contributed by atoms with Gasteiger partial charge < -0.3 is 49.1 Å². The third kappa shape index (κ3) is 17.9. The highest BCUT2D eigenvalue weighted by Gasteiger charge is 2.29. The van der Waals surface area contributed by atoms with E-state index < -0.39 is 29.6 Å². The number of nitrogens with two attached hydrogens (primary N) is 5. The lowest BCUT2D eigenvalue weighted by Crippen LogP contribution is -2.49. The minimum atomic E-state index is -4.21. The summed E-state index contributed by atoms with van der Waals surface area (Å²) in [4.78, 5) is 59.8. The van der Waals surface area contributed by atoms with E-state index in [1.807, 2.05) is 0 Å².